The van der Waals surface area contributed by atoms with Crippen molar-refractivity contribution in [1.82, 2.24) is 5.32 Å². The molecule has 7 heteroatoms. The fraction of sp³-hybridized carbons (Fsp3) is 0.571. The highest BCUT2D eigenvalue weighted by atomic mass is 32.2. The molecule has 6 nitrogen and oxygen atoms in total. The minimum absolute atomic E-state index is 0.0734. The van der Waals surface area contributed by atoms with E-state index in [1.165, 1.54) is 24.3 Å². The van der Waals surface area contributed by atoms with Crippen molar-refractivity contribution in [3.8, 4) is 0 Å². The highest BCUT2D eigenvalue weighted by Gasteiger charge is 2.24. The minimum Gasteiger partial charge on any atom is -0.314 e. The predicted molar refractivity (Wildman–Crippen MR) is 82.1 cm³/mol. The Hall–Kier alpha value is -1.47. The molecule has 1 atom stereocenters. The maximum Gasteiger partial charge on any atom is 0.287 e. The van der Waals surface area contributed by atoms with Gasteiger partial charge in [-0.3, -0.25) is 10.1 Å². The number of nitro benzene ring substituents is 1. The van der Waals surface area contributed by atoms with E-state index in [9.17, 15) is 18.5 Å². The average molecular weight is 314 g/mol. The number of hydrogen-bond acceptors (Lipinski definition) is 5. The Bertz CT molecular complexity index is 572. The molecule has 0 aliphatic rings. The second-order valence-corrected chi connectivity index (χ2v) is 7.12. The van der Waals surface area contributed by atoms with Crippen LogP contribution in [0.1, 0.15) is 33.1 Å². The zero-order valence-corrected chi connectivity index (χ0v) is 13.2. The van der Waals surface area contributed by atoms with E-state index >= 15 is 0 Å². The maximum absolute atomic E-state index is 12.2. The average Bonchev–Trinajstić information content (AvgIpc) is 2.44. The van der Waals surface area contributed by atoms with Gasteiger partial charge in [0.05, 0.1) is 10.7 Å². The largest absolute Gasteiger partial charge is 0.314 e. The van der Waals surface area contributed by atoms with Crippen molar-refractivity contribution in [3.63, 3.8) is 0 Å². The number of nitrogens with zero attached hydrogens (tertiary/aromatic N) is 1. The molecule has 0 heterocycles. The number of sulfone groups is 1. The highest BCUT2D eigenvalue weighted by Crippen LogP contribution is 2.24. The topological polar surface area (TPSA) is 89.3 Å². The van der Waals surface area contributed by atoms with Gasteiger partial charge < -0.3 is 5.32 Å². The van der Waals surface area contributed by atoms with Gasteiger partial charge in [-0.1, -0.05) is 19.1 Å². The second-order valence-electron chi connectivity index (χ2n) is 5.04. The Morgan fingerprint density at radius 3 is 2.62 bits per heavy atom. The Balaban J connectivity index is 2.68. The fourth-order valence-electron chi connectivity index (χ4n) is 2.05. The van der Waals surface area contributed by atoms with Gasteiger partial charge in [-0.25, -0.2) is 8.42 Å². The van der Waals surface area contributed by atoms with E-state index in [-0.39, 0.29) is 22.4 Å². The Morgan fingerprint density at radius 1 is 1.33 bits per heavy atom. The van der Waals surface area contributed by atoms with Crippen molar-refractivity contribution >= 4 is 15.5 Å². The standard InChI is InChI=1S/C14H22N2O4S/c1-3-10-15-12(2)7-6-11-21(19,20)14-9-5-4-8-13(14)16(17)18/h4-5,8-9,12,15H,3,6-7,10-11H2,1-2H3. The summed E-state index contributed by atoms with van der Waals surface area (Å²) in [5.74, 6) is -0.0734. The van der Waals surface area contributed by atoms with E-state index < -0.39 is 14.8 Å². The summed E-state index contributed by atoms with van der Waals surface area (Å²) in [6.45, 7) is 4.98. The molecular formula is C14H22N2O4S. The third kappa shape index (κ3) is 5.43. The van der Waals surface area contributed by atoms with Gasteiger partial charge in [-0.2, -0.15) is 0 Å². The van der Waals surface area contributed by atoms with Crippen molar-refractivity contribution in [2.24, 2.45) is 0 Å². The van der Waals surface area contributed by atoms with Gasteiger partial charge >= 0.3 is 0 Å². The van der Waals surface area contributed by atoms with E-state index in [2.05, 4.69) is 12.2 Å². The molecular weight excluding hydrogens is 292 g/mol. The Morgan fingerprint density at radius 2 is 2.00 bits per heavy atom. The van der Waals surface area contributed by atoms with E-state index in [4.69, 9.17) is 0 Å². The third-order valence-electron chi connectivity index (χ3n) is 3.19. The van der Waals surface area contributed by atoms with Crippen LogP contribution >= 0.6 is 0 Å². The molecule has 0 bridgehead atoms. The summed E-state index contributed by atoms with van der Waals surface area (Å²) in [4.78, 5) is 10.1. The van der Waals surface area contributed by atoms with Crippen molar-refractivity contribution in [2.75, 3.05) is 12.3 Å². The van der Waals surface area contributed by atoms with Crippen LogP contribution in [0.25, 0.3) is 0 Å². The van der Waals surface area contributed by atoms with E-state index in [1.807, 2.05) is 6.92 Å². The molecule has 0 aliphatic carbocycles. The summed E-state index contributed by atoms with van der Waals surface area (Å²) < 4.78 is 24.5. The van der Waals surface area contributed by atoms with Gasteiger partial charge in [0.1, 0.15) is 4.90 Å². The van der Waals surface area contributed by atoms with Crippen LogP contribution in [0.2, 0.25) is 0 Å². The summed E-state index contributed by atoms with van der Waals surface area (Å²) in [7, 11) is -3.62. The van der Waals surface area contributed by atoms with Gasteiger partial charge in [0.15, 0.2) is 9.84 Å². The number of nitro groups is 1. The molecule has 0 aromatic heterocycles. The van der Waals surface area contributed by atoms with Crippen LogP contribution in [-0.2, 0) is 9.84 Å². The lowest BCUT2D eigenvalue weighted by Crippen LogP contribution is -2.27. The van der Waals surface area contributed by atoms with Gasteiger partial charge in [0, 0.05) is 12.1 Å². The number of nitrogens with one attached hydrogen (secondary N) is 1. The van der Waals surface area contributed by atoms with Gasteiger partial charge in [-0.05, 0) is 38.8 Å². The number of para-hydroxylation sites is 1. The van der Waals surface area contributed by atoms with Crippen LogP contribution in [-0.4, -0.2) is 31.7 Å². The zero-order chi connectivity index (χ0) is 15.9. The summed E-state index contributed by atoms with van der Waals surface area (Å²) in [5.41, 5.74) is -0.352. The molecule has 1 N–H and O–H groups in total. The van der Waals surface area contributed by atoms with E-state index in [1.54, 1.807) is 0 Å². The second kappa shape index (κ2) is 8.09. The number of benzene rings is 1. The van der Waals surface area contributed by atoms with Crippen LogP contribution in [0.15, 0.2) is 29.2 Å². The first-order valence-electron chi connectivity index (χ1n) is 7.08. The molecule has 1 aromatic rings. The van der Waals surface area contributed by atoms with Crippen LogP contribution in [0.4, 0.5) is 5.69 Å². The molecule has 0 fully saturated rings. The summed E-state index contributed by atoms with van der Waals surface area (Å²) in [6.07, 6.45) is 2.23. The third-order valence-corrected chi connectivity index (χ3v) is 5.03. The quantitative estimate of drug-likeness (QED) is 0.559. The first-order chi connectivity index (χ1) is 9.88. The van der Waals surface area contributed by atoms with E-state index in [0.717, 1.165) is 19.4 Å². The highest BCUT2D eigenvalue weighted by molar-refractivity contribution is 7.91. The molecule has 1 aromatic carbocycles. The van der Waals surface area contributed by atoms with Crippen molar-refractivity contribution in [2.45, 2.75) is 44.0 Å². The first-order valence-corrected chi connectivity index (χ1v) is 8.73. The molecule has 0 amide bonds. The normalized spacial score (nSPS) is 13.0. The summed E-state index contributed by atoms with van der Waals surface area (Å²) >= 11 is 0. The predicted octanol–water partition coefficient (Wildman–Crippen LogP) is 2.54. The lowest BCUT2D eigenvalue weighted by molar-refractivity contribution is -0.387. The zero-order valence-electron chi connectivity index (χ0n) is 12.4. The van der Waals surface area contributed by atoms with Gasteiger partial charge in [-0.15, -0.1) is 0 Å². The summed E-state index contributed by atoms with van der Waals surface area (Å²) in [6, 6.07) is 5.73. The number of hydrogen-bond donors (Lipinski definition) is 1. The Labute approximate surface area is 125 Å². The molecule has 0 radical (unpaired) electrons. The van der Waals surface area contributed by atoms with Crippen molar-refractivity contribution in [1.29, 1.82) is 0 Å². The smallest absolute Gasteiger partial charge is 0.287 e. The Kier molecular flexibility index (Phi) is 6.77. The van der Waals surface area contributed by atoms with Crippen LogP contribution in [0, 0.1) is 10.1 Å². The number of rotatable bonds is 9. The lowest BCUT2D eigenvalue weighted by Gasteiger charge is -2.12. The molecule has 1 unspecified atom stereocenters. The maximum atomic E-state index is 12.2. The van der Waals surface area contributed by atoms with Crippen LogP contribution in [0.5, 0.6) is 0 Å². The first kappa shape index (κ1) is 17.6. The minimum atomic E-state index is -3.62. The van der Waals surface area contributed by atoms with Crippen molar-refractivity contribution in [3.05, 3.63) is 34.4 Å². The lowest BCUT2D eigenvalue weighted by atomic mass is 10.2. The van der Waals surface area contributed by atoms with Crippen LogP contribution in [0.3, 0.4) is 0 Å². The molecule has 0 saturated heterocycles. The molecule has 118 valence electrons. The SMILES string of the molecule is CCCNC(C)CCCS(=O)(=O)c1ccccc1[N+](=O)[O-]. The fourth-order valence-corrected chi connectivity index (χ4v) is 3.57. The monoisotopic (exact) mass is 314 g/mol. The van der Waals surface area contributed by atoms with Crippen molar-refractivity contribution < 1.29 is 13.3 Å². The van der Waals surface area contributed by atoms with Gasteiger partial charge in [0.2, 0.25) is 0 Å². The molecule has 0 saturated carbocycles. The van der Waals surface area contributed by atoms with Crippen LogP contribution < -0.4 is 5.32 Å². The summed E-state index contributed by atoms with van der Waals surface area (Å²) in [5, 5.41) is 14.2. The van der Waals surface area contributed by atoms with E-state index in [0.29, 0.717) is 6.42 Å². The van der Waals surface area contributed by atoms with Gasteiger partial charge in [0.25, 0.3) is 5.69 Å². The molecule has 1 rings (SSSR count). The molecule has 0 aliphatic heterocycles. The molecule has 0 spiro atoms. The molecule has 21 heavy (non-hydrogen) atoms.